The molecule has 1 heterocycles. The Bertz CT molecular complexity index is 924. The SMILES string of the molecule is Nc1cccc(Nc2ncc(CO)c(NCCCNCc3ccccc3)n2)c1.O=CO. The van der Waals surface area contributed by atoms with Crippen molar-refractivity contribution in [1.29, 1.82) is 0 Å². The summed E-state index contributed by atoms with van der Waals surface area (Å²) < 4.78 is 0. The molecule has 1 aromatic heterocycles. The standard InChI is InChI=1S/C21H26N6O.CH2O2/c22-18-8-4-9-19(12-18)26-21-25-14-17(15-28)20(27-21)24-11-5-10-23-13-16-6-2-1-3-7-16;2-1-3/h1-4,6-9,12,14,23,28H,5,10-11,13,15,22H2,(H2,24,25,26,27);1H,(H,2,3). The summed E-state index contributed by atoms with van der Waals surface area (Å²) in [6.45, 7) is 2.11. The maximum atomic E-state index is 9.53. The highest BCUT2D eigenvalue weighted by Gasteiger charge is 2.07. The minimum atomic E-state index is -0.250. The molecule has 2 aromatic carbocycles. The molecule has 0 radical (unpaired) electrons. The molecule has 0 unspecified atom stereocenters. The zero-order chi connectivity index (χ0) is 22.3. The van der Waals surface area contributed by atoms with E-state index in [9.17, 15) is 5.11 Å². The van der Waals surface area contributed by atoms with Crippen molar-refractivity contribution in [1.82, 2.24) is 15.3 Å². The van der Waals surface area contributed by atoms with Crippen molar-refractivity contribution < 1.29 is 15.0 Å². The zero-order valence-electron chi connectivity index (χ0n) is 17.2. The van der Waals surface area contributed by atoms with E-state index in [4.69, 9.17) is 15.6 Å². The van der Waals surface area contributed by atoms with Gasteiger partial charge in [-0.2, -0.15) is 4.98 Å². The van der Waals surface area contributed by atoms with Gasteiger partial charge in [0.1, 0.15) is 5.82 Å². The van der Waals surface area contributed by atoms with E-state index in [1.807, 2.05) is 42.5 Å². The van der Waals surface area contributed by atoms with Crippen LogP contribution < -0.4 is 21.7 Å². The Morgan fingerprint density at radius 3 is 2.55 bits per heavy atom. The third-order valence-corrected chi connectivity index (χ3v) is 4.17. The van der Waals surface area contributed by atoms with Crippen LogP contribution in [-0.4, -0.2) is 39.7 Å². The molecule has 0 fully saturated rings. The molecule has 31 heavy (non-hydrogen) atoms. The molecule has 0 saturated heterocycles. The molecule has 0 spiro atoms. The van der Waals surface area contributed by atoms with Crippen LogP contribution in [0.2, 0.25) is 0 Å². The monoisotopic (exact) mass is 424 g/mol. The third-order valence-electron chi connectivity index (χ3n) is 4.17. The Morgan fingerprint density at radius 1 is 1.06 bits per heavy atom. The number of benzene rings is 2. The molecule has 0 aliphatic rings. The van der Waals surface area contributed by atoms with Crippen LogP contribution in [0.1, 0.15) is 17.5 Å². The second kappa shape index (κ2) is 13.5. The smallest absolute Gasteiger partial charge is 0.290 e. The summed E-state index contributed by atoms with van der Waals surface area (Å²) in [5.74, 6) is 1.08. The lowest BCUT2D eigenvalue weighted by Gasteiger charge is -2.12. The van der Waals surface area contributed by atoms with Gasteiger partial charge in [-0.15, -0.1) is 0 Å². The molecule has 0 saturated carbocycles. The summed E-state index contributed by atoms with van der Waals surface area (Å²) >= 11 is 0. The molecular weight excluding hydrogens is 396 g/mol. The Labute approximate surface area is 181 Å². The van der Waals surface area contributed by atoms with Gasteiger partial charge in [-0.1, -0.05) is 36.4 Å². The van der Waals surface area contributed by atoms with E-state index in [1.54, 1.807) is 6.20 Å². The van der Waals surface area contributed by atoms with Gasteiger partial charge in [-0.25, -0.2) is 4.98 Å². The normalized spacial score (nSPS) is 9.97. The maximum absolute atomic E-state index is 9.53. The highest BCUT2D eigenvalue weighted by atomic mass is 16.3. The molecule has 3 aromatic rings. The predicted molar refractivity (Wildman–Crippen MR) is 122 cm³/mol. The van der Waals surface area contributed by atoms with Crippen LogP contribution in [0.4, 0.5) is 23.1 Å². The molecule has 0 aliphatic heterocycles. The Hall–Kier alpha value is -3.69. The summed E-state index contributed by atoms with van der Waals surface area (Å²) in [4.78, 5) is 17.1. The minimum Gasteiger partial charge on any atom is -0.483 e. The molecule has 0 bridgehead atoms. The van der Waals surface area contributed by atoms with Gasteiger partial charge in [0, 0.05) is 36.2 Å². The molecule has 9 heteroatoms. The lowest BCUT2D eigenvalue weighted by atomic mass is 10.2. The molecular formula is C22H28N6O3. The van der Waals surface area contributed by atoms with Crippen LogP contribution in [0.25, 0.3) is 0 Å². The van der Waals surface area contributed by atoms with Gasteiger partial charge in [-0.3, -0.25) is 4.79 Å². The van der Waals surface area contributed by atoms with Crippen molar-refractivity contribution in [3.05, 3.63) is 71.9 Å². The van der Waals surface area contributed by atoms with E-state index < -0.39 is 0 Å². The van der Waals surface area contributed by atoms with Crippen molar-refractivity contribution >= 4 is 29.6 Å². The van der Waals surface area contributed by atoms with Crippen LogP contribution in [0, 0.1) is 0 Å². The number of aliphatic hydroxyl groups is 1. The summed E-state index contributed by atoms with van der Waals surface area (Å²) in [5.41, 5.74) is 9.21. The average molecular weight is 425 g/mol. The van der Waals surface area contributed by atoms with Gasteiger partial charge in [0.2, 0.25) is 5.95 Å². The minimum absolute atomic E-state index is 0.118. The van der Waals surface area contributed by atoms with E-state index in [0.29, 0.717) is 23.0 Å². The van der Waals surface area contributed by atoms with E-state index in [0.717, 1.165) is 31.7 Å². The van der Waals surface area contributed by atoms with E-state index >= 15 is 0 Å². The first-order chi connectivity index (χ1) is 15.2. The van der Waals surface area contributed by atoms with Crippen molar-refractivity contribution in [3.63, 3.8) is 0 Å². The van der Waals surface area contributed by atoms with Gasteiger partial charge < -0.3 is 31.9 Å². The molecule has 0 aliphatic carbocycles. The number of carboxylic acid groups (broad SMARTS) is 1. The van der Waals surface area contributed by atoms with Gasteiger partial charge in [0.15, 0.2) is 0 Å². The average Bonchev–Trinajstić information content (AvgIpc) is 2.78. The zero-order valence-corrected chi connectivity index (χ0v) is 17.2. The van der Waals surface area contributed by atoms with Gasteiger partial charge in [-0.05, 0) is 36.7 Å². The maximum Gasteiger partial charge on any atom is 0.290 e. The lowest BCUT2D eigenvalue weighted by molar-refractivity contribution is -0.122. The topological polar surface area (TPSA) is 145 Å². The summed E-state index contributed by atoms with van der Waals surface area (Å²) in [7, 11) is 0. The molecule has 9 nitrogen and oxygen atoms in total. The Balaban J connectivity index is 0.00000107. The number of hydrogen-bond acceptors (Lipinski definition) is 8. The van der Waals surface area contributed by atoms with Gasteiger partial charge in [0.25, 0.3) is 6.47 Å². The molecule has 7 N–H and O–H groups in total. The van der Waals surface area contributed by atoms with Crippen LogP contribution in [-0.2, 0) is 17.9 Å². The van der Waals surface area contributed by atoms with Crippen molar-refractivity contribution in [2.75, 3.05) is 29.5 Å². The number of nitrogen functional groups attached to an aromatic ring is 1. The number of nitrogens with zero attached hydrogens (tertiary/aromatic N) is 2. The second-order valence-corrected chi connectivity index (χ2v) is 6.52. The number of rotatable bonds is 10. The first-order valence-corrected chi connectivity index (χ1v) is 9.82. The number of nitrogens with one attached hydrogen (secondary N) is 3. The number of hydrogen-bond donors (Lipinski definition) is 6. The molecule has 0 atom stereocenters. The fourth-order valence-electron chi connectivity index (χ4n) is 2.73. The number of carbonyl (C=O) groups is 1. The van der Waals surface area contributed by atoms with E-state index in [2.05, 4.69) is 38.1 Å². The number of aromatic nitrogens is 2. The summed E-state index contributed by atoms with van der Waals surface area (Å²) in [6.07, 6.45) is 2.55. The van der Waals surface area contributed by atoms with Crippen LogP contribution in [0.5, 0.6) is 0 Å². The highest BCUT2D eigenvalue weighted by Crippen LogP contribution is 2.19. The van der Waals surface area contributed by atoms with Crippen molar-refractivity contribution in [2.45, 2.75) is 19.6 Å². The third kappa shape index (κ3) is 8.69. The number of anilines is 4. The van der Waals surface area contributed by atoms with Crippen molar-refractivity contribution in [2.24, 2.45) is 0 Å². The van der Waals surface area contributed by atoms with Crippen LogP contribution in [0.15, 0.2) is 60.8 Å². The Kier molecular flexibility index (Phi) is 10.3. The molecule has 0 amide bonds. The first-order valence-electron chi connectivity index (χ1n) is 9.82. The van der Waals surface area contributed by atoms with Crippen molar-refractivity contribution in [3.8, 4) is 0 Å². The number of nitrogens with two attached hydrogens (primary N) is 1. The van der Waals surface area contributed by atoms with Crippen LogP contribution >= 0.6 is 0 Å². The highest BCUT2D eigenvalue weighted by molar-refractivity contribution is 5.60. The van der Waals surface area contributed by atoms with E-state index in [1.165, 1.54) is 5.56 Å². The fraction of sp³-hybridized carbons (Fsp3) is 0.227. The molecule has 164 valence electrons. The first kappa shape index (κ1) is 23.6. The van der Waals surface area contributed by atoms with Crippen LogP contribution in [0.3, 0.4) is 0 Å². The largest absolute Gasteiger partial charge is 0.483 e. The number of aliphatic hydroxyl groups excluding tert-OH is 1. The second-order valence-electron chi connectivity index (χ2n) is 6.52. The van der Waals surface area contributed by atoms with Gasteiger partial charge >= 0.3 is 0 Å². The summed E-state index contributed by atoms with van der Waals surface area (Å²) in [6, 6.07) is 17.7. The van der Waals surface area contributed by atoms with Gasteiger partial charge in [0.05, 0.1) is 6.61 Å². The summed E-state index contributed by atoms with van der Waals surface area (Å²) in [5, 5.41) is 26.3. The Morgan fingerprint density at radius 2 is 1.84 bits per heavy atom. The lowest BCUT2D eigenvalue weighted by Crippen LogP contribution is -2.18. The predicted octanol–water partition coefficient (Wildman–Crippen LogP) is 2.59. The fourth-order valence-corrected chi connectivity index (χ4v) is 2.73. The quantitative estimate of drug-likeness (QED) is 0.164. The van der Waals surface area contributed by atoms with E-state index in [-0.39, 0.29) is 13.1 Å². The molecule has 3 rings (SSSR count).